The zero-order valence-electron chi connectivity index (χ0n) is 11.8. The van der Waals surface area contributed by atoms with E-state index in [4.69, 9.17) is 0 Å². The number of hydrogen-bond acceptors (Lipinski definition) is 4. The lowest BCUT2D eigenvalue weighted by Crippen LogP contribution is -2.40. The quantitative estimate of drug-likeness (QED) is 0.874. The SMILES string of the molecule is Cc1nn(C)c(C)c1S(=O)(=O)N1CCC(C)C1CO. The van der Waals surface area contributed by atoms with E-state index in [9.17, 15) is 13.5 Å². The summed E-state index contributed by atoms with van der Waals surface area (Å²) in [6.07, 6.45) is 0.781. The molecule has 1 N–H and O–H groups in total. The molecule has 0 aromatic carbocycles. The van der Waals surface area contributed by atoms with Crippen molar-refractivity contribution in [3.05, 3.63) is 11.4 Å². The first-order valence-electron chi connectivity index (χ1n) is 6.43. The Hall–Kier alpha value is -0.920. The van der Waals surface area contributed by atoms with Gasteiger partial charge in [0.25, 0.3) is 0 Å². The van der Waals surface area contributed by atoms with Gasteiger partial charge in [0, 0.05) is 13.6 Å². The van der Waals surface area contributed by atoms with E-state index in [0.717, 1.165) is 6.42 Å². The summed E-state index contributed by atoms with van der Waals surface area (Å²) in [5.74, 6) is 0.178. The zero-order chi connectivity index (χ0) is 14.4. The molecule has 0 aliphatic carbocycles. The first-order valence-corrected chi connectivity index (χ1v) is 7.87. The second-order valence-electron chi connectivity index (χ2n) is 5.26. The van der Waals surface area contributed by atoms with Crippen molar-refractivity contribution in [1.29, 1.82) is 0 Å². The number of nitrogens with zero attached hydrogens (tertiary/aromatic N) is 3. The van der Waals surface area contributed by atoms with Gasteiger partial charge in [-0.1, -0.05) is 6.92 Å². The summed E-state index contributed by atoms with van der Waals surface area (Å²) in [6.45, 7) is 5.74. The number of hydrogen-bond donors (Lipinski definition) is 1. The van der Waals surface area contributed by atoms with E-state index in [1.807, 2.05) is 6.92 Å². The molecule has 1 aromatic rings. The minimum absolute atomic E-state index is 0.140. The molecule has 2 rings (SSSR count). The molecule has 108 valence electrons. The van der Waals surface area contributed by atoms with Gasteiger partial charge in [-0.25, -0.2) is 8.42 Å². The average molecular weight is 287 g/mol. The van der Waals surface area contributed by atoms with Gasteiger partial charge < -0.3 is 5.11 Å². The van der Waals surface area contributed by atoms with Gasteiger partial charge >= 0.3 is 0 Å². The largest absolute Gasteiger partial charge is 0.395 e. The van der Waals surface area contributed by atoms with Crippen LogP contribution in [0.2, 0.25) is 0 Å². The number of aliphatic hydroxyl groups is 1. The number of sulfonamides is 1. The van der Waals surface area contributed by atoms with Gasteiger partial charge in [-0.05, 0) is 26.2 Å². The third-order valence-electron chi connectivity index (χ3n) is 4.03. The number of aromatic nitrogens is 2. The lowest BCUT2D eigenvalue weighted by Gasteiger charge is -2.24. The molecule has 1 aromatic heterocycles. The maximum atomic E-state index is 12.8. The molecule has 2 heterocycles. The van der Waals surface area contributed by atoms with E-state index in [2.05, 4.69) is 5.10 Å². The first kappa shape index (κ1) is 14.5. The summed E-state index contributed by atoms with van der Waals surface area (Å²) in [5, 5.41) is 13.6. The van der Waals surface area contributed by atoms with Crippen LogP contribution in [0.3, 0.4) is 0 Å². The van der Waals surface area contributed by atoms with Crippen molar-refractivity contribution >= 4 is 10.0 Å². The topological polar surface area (TPSA) is 75.4 Å². The number of aryl methyl sites for hydroxylation is 2. The van der Waals surface area contributed by atoms with Crippen LogP contribution >= 0.6 is 0 Å². The molecule has 2 unspecified atom stereocenters. The maximum absolute atomic E-state index is 12.8. The highest BCUT2D eigenvalue weighted by Gasteiger charge is 2.41. The molecular weight excluding hydrogens is 266 g/mol. The molecule has 1 aliphatic rings. The van der Waals surface area contributed by atoms with Crippen molar-refractivity contribution in [3.8, 4) is 0 Å². The van der Waals surface area contributed by atoms with Gasteiger partial charge in [-0.3, -0.25) is 4.68 Å². The van der Waals surface area contributed by atoms with Crippen molar-refractivity contribution in [2.75, 3.05) is 13.2 Å². The van der Waals surface area contributed by atoms with Gasteiger partial charge in [-0.15, -0.1) is 0 Å². The number of aliphatic hydroxyl groups excluding tert-OH is 1. The molecular formula is C12H21N3O3S. The fraction of sp³-hybridized carbons (Fsp3) is 0.750. The van der Waals surface area contributed by atoms with Gasteiger partial charge in [0.15, 0.2) is 0 Å². The highest BCUT2D eigenvalue weighted by Crippen LogP contribution is 2.32. The molecule has 0 spiro atoms. The Morgan fingerprint density at radius 3 is 2.53 bits per heavy atom. The van der Waals surface area contributed by atoms with Crippen molar-refractivity contribution < 1.29 is 13.5 Å². The predicted octanol–water partition coefficient (Wildman–Crippen LogP) is 0.428. The molecule has 0 saturated carbocycles. The summed E-state index contributed by atoms with van der Waals surface area (Å²) in [6, 6.07) is -0.330. The van der Waals surface area contributed by atoms with Gasteiger partial charge in [0.1, 0.15) is 4.90 Å². The summed E-state index contributed by atoms with van der Waals surface area (Å²) in [5.41, 5.74) is 1.14. The highest BCUT2D eigenvalue weighted by molar-refractivity contribution is 7.89. The molecule has 6 nitrogen and oxygen atoms in total. The summed E-state index contributed by atoms with van der Waals surface area (Å²) in [7, 11) is -1.85. The minimum Gasteiger partial charge on any atom is -0.395 e. The molecule has 1 aliphatic heterocycles. The van der Waals surface area contributed by atoms with Crippen molar-refractivity contribution in [1.82, 2.24) is 14.1 Å². The molecule has 0 amide bonds. The van der Waals surface area contributed by atoms with Crippen molar-refractivity contribution in [3.63, 3.8) is 0 Å². The number of rotatable bonds is 3. The van der Waals surface area contributed by atoms with E-state index in [1.54, 1.807) is 25.6 Å². The summed E-state index contributed by atoms with van der Waals surface area (Å²) >= 11 is 0. The van der Waals surface area contributed by atoms with E-state index in [-0.39, 0.29) is 23.5 Å². The molecule has 0 bridgehead atoms. The Bertz CT molecular complexity index is 579. The smallest absolute Gasteiger partial charge is 0.247 e. The lowest BCUT2D eigenvalue weighted by molar-refractivity contribution is 0.191. The molecule has 19 heavy (non-hydrogen) atoms. The van der Waals surface area contributed by atoms with Crippen LogP contribution in [0, 0.1) is 19.8 Å². The van der Waals surface area contributed by atoms with Crippen LogP contribution in [0.15, 0.2) is 4.90 Å². The van der Waals surface area contributed by atoms with E-state index in [0.29, 0.717) is 17.9 Å². The van der Waals surface area contributed by atoms with Crippen LogP contribution in [-0.4, -0.2) is 46.8 Å². The molecule has 0 radical (unpaired) electrons. The van der Waals surface area contributed by atoms with Crippen LogP contribution in [0.1, 0.15) is 24.7 Å². The molecule has 2 atom stereocenters. The minimum atomic E-state index is -3.58. The Balaban J connectivity index is 2.49. The van der Waals surface area contributed by atoms with E-state index in [1.165, 1.54) is 4.31 Å². The van der Waals surface area contributed by atoms with Crippen LogP contribution in [0.4, 0.5) is 0 Å². The van der Waals surface area contributed by atoms with Crippen LogP contribution < -0.4 is 0 Å². The fourth-order valence-corrected chi connectivity index (χ4v) is 4.92. The predicted molar refractivity (Wildman–Crippen MR) is 71.2 cm³/mol. The van der Waals surface area contributed by atoms with E-state index < -0.39 is 10.0 Å². The maximum Gasteiger partial charge on any atom is 0.247 e. The summed E-state index contributed by atoms with van der Waals surface area (Å²) in [4.78, 5) is 0.280. The van der Waals surface area contributed by atoms with Crippen LogP contribution in [0.5, 0.6) is 0 Å². The lowest BCUT2D eigenvalue weighted by atomic mass is 10.0. The van der Waals surface area contributed by atoms with Crippen molar-refractivity contribution in [2.45, 2.75) is 38.1 Å². The third kappa shape index (κ3) is 2.19. The van der Waals surface area contributed by atoms with Gasteiger partial charge in [0.2, 0.25) is 10.0 Å². The molecule has 1 fully saturated rings. The zero-order valence-corrected chi connectivity index (χ0v) is 12.6. The Morgan fingerprint density at radius 1 is 1.42 bits per heavy atom. The first-order chi connectivity index (χ1) is 8.80. The standard InChI is InChI=1S/C12H21N3O3S/c1-8-5-6-15(11(8)7-16)19(17,18)12-9(2)13-14(4)10(12)3/h8,11,16H,5-7H2,1-4H3. The van der Waals surface area contributed by atoms with Crippen LogP contribution in [0.25, 0.3) is 0 Å². The fourth-order valence-electron chi connectivity index (χ4n) is 2.79. The normalized spacial score (nSPS) is 25.1. The van der Waals surface area contributed by atoms with Crippen molar-refractivity contribution in [2.24, 2.45) is 13.0 Å². The monoisotopic (exact) mass is 287 g/mol. The van der Waals surface area contributed by atoms with E-state index >= 15 is 0 Å². The second-order valence-corrected chi connectivity index (χ2v) is 7.08. The highest BCUT2D eigenvalue weighted by atomic mass is 32.2. The Labute approximate surface area is 114 Å². The van der Waals surface area contributed by atoms with Gasteiger partial charge in [0.05, 0.1) is 24.0 Å². The van der Waals surface area contributed by atoms with Crippen LogP contribution in [-0.2, 0) is 17.1 Å². The summed E-state index contributed by atoms with van der Waals surface area (Å²) < 4.78 is 28.5. The third-order valence-corrected chi connectivity index (χ3v) is 6.21. The van der Waals surface area contributed by atoms with Gasteiger partial charge in [-0.2, -0.15) is 9.40 Å². The Kier molecular flexibility index (Phi) is 3.72. The molecule has 7 heteroatoms. The second kappa shape index (κ2) is 4.88. The average Bonchev–Trinajstić information content (AvgIpc) is 2.81. The molecule has 1 saturated heterocycles. The Morgan fingerprint density at radius 2 is 2.05 bits per heavy atom.